The van der Waals surface area contributed by atoms with Crippen molar-refractivity contribution in [3.63, 3.8) is 0 Å². The molecule has 0 amide bonds. The van der Waals surface area contributed by atoms with E-state index in [1.54, 1.807) is 0 Å². The van der Waals surface area contributed by atoms with Crippen molar-refractivity contribution in [2.45, 2.75) is 33.7 Å². The zero-order valence-corrected chi connectivity index (χ0v) is 13.0. The Balaban J connectivity index is 2.25. The Bertz CT molecular complexity index is 569. The van der Waals surface area contributed by atoms with Gasteiger partial charge in [0.25, 0.3) is 0 Å². The maximum Gasteiger partial charge on any atom is 0.124 e. The smallest absolute Gasteiger partial charge is 0.124 e. The summed E-state index contributed by atoms with van der Waals surface area (Å²) in [5, 5.41) is 5.78. The normalized spacial score (nSPS) is 11.8. The average molecular weight is 271 g/mol. The molecule has 0 aliphatic carbocycles. The van der Waals surface area contributed by atoms with Crippen molar-refractivity contribution in [1.29, 1.82) is 0 Å². The maximum atomic E-state index is 6.03. The van der Waals surface area contributed by atoms with Crippen LogP contribution in [0.2, 0.25) is 0 Å². The van der Waals surface area contributed by atoms with E-state index in [-0.39, 0.29) is 0 Å². The molecule has 0 aromatic heterocycles. The molecular formula is C18H25NO. The van der Waals surface area contributed by atoms with Crippen molar-refractivity contribution in [3.8, 4) is 5.75 Å². The van der Waals surface area contributed by atoms with Crippen LogP contribution in [0.25, 0.3) is 10.8 Å². The molecule has 0 saturated carbocycles. The second-order valence-corrected chi connectivity index (χ2v) is 6.45. The monoisotopic (exact) mass is 271 g/mol. The molecule has 108 valence electrons. The van der Waals surface area contributed by atoms with Crippen LogP contribution >= 0.6 is 0 Å². The van der Waals surface area contributed by atoms with Gasteiger partial charge < -0.3 is 10.1 Å². The molecule has 0 aliphatic heterocycles. The maximum absolute atomic E-state index is 6.03. The van der Waals surface area contributed by atoms with Gasteiger partial charge in [-0.3, -0.25) is 0 Å². The lowest BCUT2D eigenvalue weighted by Gasteiger charge is -2.20. The van der Waals surface area contributed by atoms with Gasteiger partial charge in [0, 0.05) is 12.1 Å². The molecule has 0 aliphatic rings. The van der Waals surface area contributed by atoms with Crippen molar-refractivity contribution in [2.75, 3.05) is 13.7 Å². The molecule has 2 heteroatoms. The molecule has 0 saturated heterocycles. The summed E-state index contributed by atoms with van der Waals surface area (Å²) in [6, 6.07) is 12.7. The highest BCUT2D eigenvalue weighted by atomic mass is 16.5. The highest BCUT2D eigenvalue weighted by molar-refractivity contribution is 5.87. The first-order valence-electron chi connectivity index (χ1n) is 7.29. The van der Waals surface area contributed by atoms with E-state index in [0.717, 1.165) is 25.3 Å². The van der Waals surface area contributed by atoms with E-state index in [1.165, 1.54) is 16.3 Å². The van der Waals surface area contributed by atoms with Gasteiger partial charge in [-0.25, -0.2) is 0 Å². The molecule has 0 heterocycles. The topological polar surface area (TPSA) is 21.3 Å². The lowest BCUT2D eigenvalue weighted by molar-refractivity contribution is 0.241. The number of ether oxygens (including phenoxy) is 1. The SMILES string of the molecule is CNCc1c(OCCC(C)(C)C)ccc2ccccc12. The number of rotatable bonds is 5. The Labute approximate surface area is 122 Å². The Morgan fingerprint density at radius 2 is 1.80 bits per heavy atom. The fourth-order valence-electron chi connectivity index (χ4n) is 2.28. The van der Waals surface area contributed by atoms with E-state index in [9.17, 15) is 0 Å². The molecule has 0 spiro atoms. The summed E-state index contributed by atoms with van der Waals surface area (Å²) >= 11 is 0. The van der Waals surface area contributed by atoms with Crippen LogP contribution in [0, 0.1) is 5.41 Å². The van der Waals surface area contributed by atoms with Crippen molar-refractivity contribution in [3.05, 3.63) is 42.0 Å². The predicted octanol–water partition coefficient (Wildman–Crippen LogP) is 4.37. The molecule has 2 rings (SSSR count). The van der Waals surface area contributed by atoms with Gasteiger partial charge in [-0.15, -0.1) is 0 Å². The lowest BCUT2D eigenvalue weighted by Crippen LogP contribution is -2.13. The summed E-state index contributed by atoms with van der Waals surface area (Å²) < 4.78 is 6.03. The first-order valence-corrected chi connectivity index (χ1v) is 7.29. The standard InChI is InChI=1S/C18H25NO/c1-18(2,3)11-12-20-17-10-9-14-7-5-6-8-15(14)16(17)13-19-4/h5-10,19H,11-13H2,1-4H3. The first-order chi connectivity index (χ1) is 9.51. The quantitative estimate of drug-likeness (QED) is 0.871. The highest BCUT2D eigenvalue weighted by Gasteiger charge is 2.12. The molecule has 2 aromatic rings. The molecule has 2 aromatic carbocycles. The fourth-order valence-corrected chi connectivity index (χ4v) is 2.28. The third-order valence-electron chi connectivity index (χ3n) is 3.46. The van der Waals surface area contributed by atoms with Crippen molar-refractivity contribution in [1.82, 2.24) is 5.32 Å². The van der Waals surface area contributed by atoms with Crippen LogP contribution in [0.3, 0.4) is 0 Å². The van der Waals surface area contributed by atoms with Gasteiger partial charge in [0.05, 0.1) is 6.61 Å². The third-order valence-corrected chi connectivity index (χ3v) is 3.46. The van der Waals surface area contributed by atoms with Gasteiger partial charge in [0.15, 0.2) is 0 Å². The number of hydrogen-bond acceptors (Lipinski definition) is 2. The van der Waals surface area contributed by atoms with Crippen LogP contribution in [-0.2, 0) is 6.54 Å². The van der Waals surface area contributed by atoms with Gasteiger partial charge in [0.1, 0.15) is 5.75 Å². The molecule has 0 fully saturated rings. The van der Waals surface area contributed by atoms with E-state index < -0.39 is 0 Å². The lowest BCUT2D eigenvalue weighted by atomic mass is 9.93. The summed E-state index contributed by atoms with van der Waals surface area (Å²) in [6.07, 6.45) is 1.05. The highest BCUT2D eigenvalue weighted by Crippen LogP contribution is 2.29. The van der Waals surface area contributed by atoms with E-state index in [4.69, 9.17) is 4.74 Å². The van der Waals surface area contributed by atoms with E-state index in [2.05, 4.69) is 62.5 Å². The van der Waals surface area contributed by atoms with Crippen molar-refractivity contribution < 1.29 is 4.74 Å². The summed E-state index contributed by atoms with van der Waals surface area (Å²) in [4.78, 5) is 0. The minimum absolute atomic E-state index is 0.306. The summed E-state index contributed by atoms with van der Waals surface area (Å²) in [5.74, 6) is 1.00. The van der Waals surface area contributed by atoms with Crippen molar-refractivity contribution in [2.24, 2.45) is 5.41 Å². The zero-order chi connectivity index (χ0) is 14.6. The molecule has 0 atom stereocenters. The van der Waals surface area contributed by atoms with Gasteiger partial charge >= 0.3 is 0 Å². The second kappa shape index (κ2) is 6.27. The Morgan fingerprint density at radius 3 is 2.50 bits per heavy atom. The van der Waals surface area contributed by atoms with Gasteiger partial charge in [0.2, 0.25) is 0 Å². The summed E-state index contributed by atoms with van der Waals surface area (Å²) in [5.41, 5.74) is 1.56. The van der Waals surface area contributed by atoms with Crippen LogP contribution in [-0.4, -0.2) is 13.7 Å². The van der Waals surface area contributed by atoms with Crippen molar-refractivity contribution >= 4 is 10.8 Å². The van der Waals surface area contributed by atoms with Crippen LogP contribution < -0.4 is 10.1 Å². The Kier molecular flexibility index (Phi) is 4.66. The zero-order valence-electron chi connectivity index (χ0n) is 13.0. The predicted molar refractivity (Wildman–Crippen MR) is 86.3 cm³/mol. The van der Waals surface area contributed by atoms with Gasteiger partial charge in [-0.05, 0) is 35.7 Å². The Morgan fingerprint density at radius 1 is 1.05 bits per heavy atom. The molecule has 1 N–H and O–H groups in total. The second-order valence-electron chi connectivity index (χ2n) is 6.45. The number of fused-ring (bicyclic) bond motifs is 1. The Hall–Kier alpha value is -1.54. The largest absolute Gasteiger partial charge is 0.493 e. The number of hydrogen-bond donors (Lipinski definition) is 1. The van der Waals surface area contributed by atoms with Crippen LogP contribution in [0.15, 0.2) is 36.4 Å². The van der Waals surface area contributed by atoms with Crippen LogP contribution in [0.1, 0.15) is 32.8 Å². The fraction of sp³-hybridized carbons (Fsp3) is 0.444. The molecule has 0 unspecified atom stereocenters. The van der Waals surface area contributed by atoms with E-state index in [0.29, 0.717) is 5.41 Å². The summed E-state index contributed by atoms with van der Waals surface area (Å²) in [7, 11) is 1.97. The molecule has 0 radical (unpaired) electrons. The first kappa shape index (κ1) is 14.9. The van der Waals surface area contributed by atoms with Crippen LogP contribution in [0.4, 0.5) is 0 Å². The van der Waals surface area contributed by atoms with Gasteiger partial charge in [-0.2, -0.15) is 0 Å². The van der Waals surface area contributed by atoms with Crippen LogP contribution in [0.5, 0.6) is 5.75 Å². The average Bonchev–Trinajstić information content (AvgIpc) is 2.40. The molecular weight excluding hydrogens is 246 g/mol. The minimum atomic E-state index is 0.306. The number of benzene rings is 2. The minimum Gasteiger partial charge on any atom is -0.493 e. The van der Waals surface area contributed by atoms with E-state index >= 15 is 0 Å². The summed E-state index contributed by atoms with van der Waals surface area (Å²) in [6.45, 7) is 8.31. The number of nitrogens with one attached hydrogen (secondary N) is 1. The molecule has 20 heavy (non-hydrogen) atoms. The molecule has 0 bridgehead atoms. The third kappa shape index (κ3) is 3.73. The molecule has 2 nitrogen and oxygen atoms in total. The van der Waals surface area contributed by atoms with E-state index in [1.807, 2.05) is 7.05 Å². The van der Waals surface area contributed by atoms with Gasteiger partial charge in [-0.1, -0.05) is 51.1 Å².